The Labute approximate surface area is 93.5 Å². The third-order valence-corrected chi connectivity index (χ3v) is 2.05. The van der Waals surface area contributed by atoms with E-state index in [2.05, 4.69) is 16.0 Å². The van der Waals surface area contributed by atoms with Gasteiger partial charge in [-0.2, -0.15) is 5.26 Å². The van der Waals surface area contributed by atoms with Crippen LogP contribution in [0.1, 0.15) is 19.4 Å². The Morgan fingerprint density at radius 1 is 1.38 bits per heavy atom. The van der Waals surface area contributed by atoms with E-state index in [4.69, 9.17) is 10.00 Å². The van der Waals surface area contributed by atoms with Gasteiger partial charge in [0.15, 0.2) is 5.75 Å². The van der Waals surface area contributed by atoms with Crippen LogP contribution in [0, 0.1) is 11.3 Å². The topological polar surface area (TPSA) is 58.8 Å². The normalized spacial score (nSPS) is 10.4. The Balaban J connectivity index is 2.69. The molecule has 0 N–H and O–H groups in total. The smallest absolute Gasteiger partial charge is 0.166 e. The molecule has 2 heterocycles. The lowest BCUT2D eigenvalue weighted by atomic mass is 10.2. The first kappa shape index (κ1) is 10.4. The van der Waals surface area contributed by atoms with Crippen LogP contribution >= 0.6 is 0 Å². The molecule has 4 heteroatoms. The molecule has 2 aromatic heterocycles. The van der Waals surface area contributed by atoms with Gasteiger partial charge in [-0.3, -0.25) is 9.97 Å². The van der Waals surface area contributed by atoms with Crippen molar-refractivity contribution in [1.29, 1.82) is 5.26 Å². The van der Waals surface area contributed by atoms with Crippen molar-refractivity contribution in [3.63, 3.8) is 0 Å². The summed E-state index contributed by atoms with van der Waals surface area (Å²) in [6.07, 6.45) is 3.18. The fourth-order valence-electron chi connectivity index (χ4n) is 1.43. The van der Waals surface area contributed by atoms with E-state index in [1.165, 1.54) is 6.20 Å². The number of nitrogens with zero attached hydrogens (tertiary/aromatic N) is 3. The quantitative estimate of drug-likeness (QED) is 0.767. The number of aromatic nitrogens is 2. The zero-order valence-corrected chi connectivity index (χ0v) is 9.14. The van der Waals surface area contributed by atoms with Crippen LogP contribution < -0.4 is 4.74 Å². The highest BCUT2D eigenvalue weighted by molar-refractivity contribution is 5.82. The number of nitriles is 1. The summed E-state index contributed by atoms with van der Waals surface area (Å²) in [5, 5.41) is 8.99. The molecule has 0 unspecified atom stereocenters. The summed E-state index contributed by atoms with van der Waals surface area (Å²) in [5.41, 5.74) is 1.78. The lowest BCUT2D eigenvalue weighted by molar-refractivity contribution is 0.244. The lowest BCUT2D eigenvalue weighted by Gasteiger charge is -2.12. The van der Waals surface area contributed by atoms with Gasteiger partial charge in [-0.05, 0) is 26.0 Å². The maximum absolute atomic E-state index is 8.99. The minimum Gasteiger partial charge on any atom is -0.487 e. The van der Waals surface area contributed by atoms with Gasteiger partial charge in [-0.15, -0.1) is 0 Å². The Hall–Kier alpha value is -2.15. The van der Waals surface area contributed by atoms with Gasteiger partial charge in [0, 0.05) is 12.4 Å². The molecule has 0 aliphatic rings. The van der Waals surface area contributed by atoms with Crippen LogP contribution in [-0.2, 0) is 0 Å². The van der Waals surface area contributed by atoms with Crippen LogP contribution in [0.15, 0.2) is 24.5 Å². The van der Waals surface area contributed by atoms with E-state index in [9.17, 15) is 0 Å². The summed E-state index contributed by atoms with van der Waals surface area (Å²) in [5.74, 6) is 0.517. The zero-order valence-electron chi connectivity index (χ0n) is 9.14. The Morgan fingerprint density at radius 3 is 2.88 bits per heavy atom. The third-order valence-electron chi connectivity index (χ3n) is 2.05. The molecule has 80 valence electrons. The SMILES string of the molecule is CC(C)Oc1c(C#N)cnc2cccnc12. The van der Waals surface area contributed by atoms with Gasteiger partial charge in [-0.25, -0.2) is 0 Å². The molecule has 4 nitrogen and oxygen atoms in total. The first-order valence-corrected chi connectivity index (χ1v) is 5.03. The molecule has 0 radical (unpaired) electrons. The number of fused-ring (bicyclic) bond motifs is 1. The van der Waals surface area contributed by atoms with Crippen molar-refractivity contribution in [2.24, 2.45) is 0 Å². The second kappa shape index (κ2) is 4.15. The van der Waals surface area contributed by atoms with Gasteiger partial charge in [0.05, 0.1) is 11.6 Å². The lowest BCUT2D eigenvalue weighted by Crippen LogP contribution is -2.08. The van der Waals surface area contributed by atoms with Crippen LogP contribution in [0.3, 0.4) is 0 Å². The predicted molar refractivity (Wildman–Crippen MR) is 60.0 cm³/mol. The molecule has 0 aromatic carbocycles. The van der Waals surface area contributed by atoms with Crippen LogP contribution in [0.5, 0.6) is 5.75 Å². The van der Waals surface area contributed by atoms with E-state index >= 15 is 0 Å². The van der Waals surface area contributed by atoms with Gasteiger partial charge in [-0.1, -0.05) is 0 Å². The van der Waals surface area contributed by atoms with Gasteiger partial charge < -0.3 is 4.74 Å². The molecule has 2 aromatic rings. The van der Waals surface area contributed by atoms with E-state index < -0.39 is 0 Å². The van der Waals surface area contributed by atoms with Gasteiger partial charge >= 0.3 is 0 Å². The first-order chi connectivity index (χ1) is 7.72. The number of ether oxygens (including phenoxy) is 1. The maximum Gasteiger partial charge on any atom is 0.166 e. The van der Waals surface area contributed by atoms with Crippen LogP contribution in [0.4, 0.5) is 0 Å². The molecule has 0 aliphatic heterocycles. The number of hydrogen-bond acceptors (Lipinski definition) is 4. The molecule has 0 atom stereocenters. The van der Waals surface area contributed by atoms with Crippen molar-refractivity contribution in [2.75, 3.05) is 0 Å². The van der Waals surface area contributed by atoms with Crippen molar-refractivity contribution in [1.82, 2.24) is 9.97 Å². The van der Waals surface area contributed by atoms with Crippen LogP contribution in [-0.4, -0.2) is 16.1 Å². The summed E-state index contributed by atoms with van der Waals surface area (Å²) in [4.78, 5) is 8.36. The van der Waals surface area contributed by atoms with Gasteiger partial charge in [0.25, 0.3) is 0 Å². The Kier molecular flexibility index (Phi) is 2.69. The molecule has 0 spiro atoms. The molecule has 0 fully saturated rings. The van der Waals surface area contributed by atoms with Crippen molar-refractivity contribution < 1.29 is 4.74 Å². The minimum atomic E-state index is -0.000272. The largest absolute Gasteiger partial charge is 0.487 e. The molecule has 16 heavy (non-hydrogen) atoms. The predicted octanol–water partition coefficient (Wildman–Crippen LogP) is 2.29. The average Bonchev–Trinajstić information content (AvgIpc) is 2.29. The van der Waals surface area contributed by atoms with Gasteiger partial charge in [0.2, 0.25) is 0 Å². The highest BCUT2D eigenvalue weighted by atomic mass is 16.5. The monoisotopic (exact) mass is 213 g/mol. The summed E-state index contributed by atoms with van der Waals surface area (Å²) >= 11 is 0. The maximum atomic E-state index is 8.99. The zero-order chi connectivity index (χ0) is 11.5. The fourth-order valence-corrected chi connectivity index (χ4v) is 1.43. The van der Waals surface area contributed by atoms with Crippen LogP contribution in [0.2, 0.25) is 0 Å². The highest BCUT2D eigenvalue weighted by Gasteiger charge is 2.12. The summed E-state index contributed by atoms with van der Waals surface area (Å²) in [6, 6.07) is 5.72. The van der Waals surface area contributed by atoms with E-state index in [0.29, 0.717) is 16.8 Å². The summed E-state index contributed by atoms with van der Waals surface area (Å²) < 4.78 is 5.62. The summed E-state index contributed by atoms with van der Waals surface area (Å²) in [6.45, 7) is 3.83. The average molecular weight is 213 g/mol. The molecule has 0 aliphatic carbocycles. The molecule has 0 bridgehead atoms. The van der Waals surface area contributed by atoms with Crippen LogP contribution in [0.25, 0.3) is 11.0 Å². The van der Waals surface area contributed by atoms with E-state index in [-0.39, 0.29) is 6.10 Å². The first-order valence-electron chi connectivity index (χ1n) is 5.03. The third kappa shape index (κ3) is 1.80. The standard InChI is InChI=1S/C12H11N3O/c1-8(2)16-12-9(6-13)7-15-10-4-3-5-14-11(10)12/h3-5,7-8H,1-2H3. The summed E-state index contributed by atoms with van der Waals surface area (Å²) in [7, 11) is 0. The fraction of sp³-hybridized carbons (Fsp3) is 0.250. The van der Waals surface area contributed by atoms with Crippen molar-refractivity contribution in [2.45, 2.75) is 20.0 Å². The van der Waals surface area contributed by atoms with E-state index in [0.717, 1.165) is 5.52 Å². The van der Waals surface area contributed by atoms with Gasteiger partial charge in [0.1, 0.15) is 17.1 Å². The molecule has 0 amide bonds. The molecule has 0 saturated carbocycles. The van der Waals surface area contributed by atoms with E-state index in [1.807, 2.05) is 19.9 Å². The molecular weight excluding hydrogens is 202 g/mol. The minimum absolute atomic E-state index is 0.000272. The van der Waals surface area contributed by atoms with Crippen molar-refractivity contribution in [3.05, 3.63) is 30.1 Å². The van der Waals surface area contributed by atoms with Crippen molar-refractivity contribution >= 4 is 11.0 Å². The highest BCUT2D eigenvalue weighted by Crippen LogP contribution is 2.26. The molecule has 2 rings (SSSR count). The molecular formula is C12H11N3O. The number of hydrogen-bond donors (Lipinski definition) is 0. The van der Waals surface area contributed by atoms with Crippen molar-refractivity contribution in [3.8, 4) is 11.8 Å². The second-order valence-corrected chi connectivity index (χ2v) is 3.65. The number of rotatable bonds is 2. The Bertz CT molecular complexity index is 558. The Morgan fingerprint density at radius 2 is 2.19 bits per heavy atom. The second-order valence-electron chi connectivity index (χ2n) is 3.65. The molecule has 0 saturated heterocycles. The van der Waals surface area contributed by atoms with E-state index in [1.54, 1.807) is 12.3 Å². The number of pyridine rings is 2.